The van der Waals surface area contributed by atoms with Crippen molar-refractivity contribution in [2.24, 2.45) is 0 Å². The van der Waals surface area contributed by atoms with Crippen molar-refractivity contribution in [3.05, 3.63) is 89.0 Å². The second kappa shape index (κ2) is 5.50. The Morgan fingerprint density at radius 1 is 0.750 bits per heavy atom. The molecule has 0 unspecified atom stereocenters. The van der Waals surface area contributed by atoms with Gasteiger partial charge in [-0.05, 0) is 39.2 Å². The van der Waals surface area contributed by atoms with Gasteiger partial charge in [-0.1, -0.05) is 60.7 Å². The van der Waals surface area contributed by atoms with Crippen LogP contribution in [-0.2, 0) is 0 Å². The van der Waals surface area contributed by atoms with E-state index in [2.05, 4.69) is 42.5 Å². The number of fused-ring (bicyclic) bond motifs is 4. The predicted octanol–water partition coefficient (Wildman–Crippen LogP) is 7.28. The van der Waals surface area contributed by atoms with Gasteiger partial charge < -0.3 is 0 Å². The predicted molar refractivity (Wildman–Crippen MR) is 116 cm³/mol. The third kappa shape index (κ3) is 1.98. The molecule has 0 saturated heterocycles. The minimum absolute atomic E-state index is 0.158. The van der Waals surface area contributed by atoms with Crippen LogP contribution in [0.3, 0.4) is 0 Å². The summed E-state index contributed by atoms with van der Waals surface area (Å²) >= 11 is 1.65. The Bertz CT molecular complexity index is 1390. The van der Waals surface area contributed by atoms with E-state index < -0.39 is 0 Å². The van der Waals surface area contributed by atoms with Crippen LogP contribution < -0.4 is 0 Å². The minimum Gasteiger partial charge on any atom is -0.258 e. The van der Waals surface area contributed by atoms with E-state index >= 15 is 0 Å². The number of hydrogen-bond acceptors (Lipinski definition) is 3. The fraction of sp³-hybridized carbons (Fsp3) is 0. The molecule has 1 aliphatic carbocycles. The largest absolute Gasteiger partial charge is 0.278 e. The molecule has 4 aromatic carbocycles. The van der Waals surface area contributed by atoms with Crippen molar-refractivity contribution >= 4 is 38.6 Å². The molecule has 0 atom stereocenters. The molecule has 0 saturated carbocycles. The van der Waals surface area contributed by atoms with Crippen LogP contribution in [-0.4, -0.2) is 4.92 Å². The van der Waals surface area contributed by atoms with Gasteiger partial charge in [0.1, 0.15) is 0 Å². The van der Waals surface area contributed by atoms with Gasteiger partial charge in [0.2, 0.25) is 0 Å². The zero-order valence-electron chi connectivity index (χ0n) is 14.7. The van der Waals surface area contributed by atoms with Crippen LogP contribution >= 0.6 is 11.3 Å². The van der Waals surface area contributed by atoms with E-state index in [1.807, 2.05) is 30.3 Å². The molecular weight excluding hydrogens is 366 g/mol. The van der Waals surface area contributed by atoms with Crippen molar-refractivity contribution < 1.29 is 4.92 Å². The summed E-state index contributed by atoms with van der Waals surface area (Å²) in [5, 5.41) is 16.2. The molecule has 0 N–H and O–H groups in total. The first kappa shape index (κ1) is 15.5. The quantitative estimate of drug-likeness (QED) is 0.234. The number of nitro groups is 1. The topological polar surface area (TPSA) is 43.1 Å². The van der Waals surface area contributed by atoms with E-state index in [1.54, 1.807) is 17.4 Å². The van der Waals surface area contributed by atoms with Gasteiger partial charge in [-0.2, -0.15) is 0 Å². The smallest absolute Gasteiger partial charge is 0.258 e. The maximum Gasteiger partial charge on any atom is 0.278 e. The van der Waals surface area contributed by atoms with Crippen LogP contribution in [0.25, 0.3) is 53.6 Å². The lowest BCUT2D eigenvalue weighted by Crippen LogP contribution is -1.92. The third-order valence-electron chi connectivity index (χ3n) is 5.52. The van der Waals surface area contributed by atoms with Gasteiger partial charge in [0.25, 0.3) is 5.69 Å². The molecule has 1 aliphatic rings. The van der Waals surface area contributed by atoms with Gasteiger partial charge in [-0.25, -0.2) is 0 Å². The molecule has 5 aromatic rings. The number of benzene rings is 4. The lowest BCUT2D eigenvalue weighted by atomic mass is 10.00. The van der Waals surface area contributed by atoms with E-state index in [-0.39, 0.29) is 10.6 Å². The van der Waals surface area contributed by atoms with E-state index in [9.17, 15) is 10.1 Å². The highest BCUT2D eigenvalue weighted by molar-refractivity contribution is 7.20. The molecule has 28 heavy (non-hydrogen) atoms. The standard InChI is InChI=1S/C24H13NO2S/c26-25(27)20-12-11-14-5-1-2-8-16(14)23(20)21-13-19-17-9-3-6-15-7-4-10-18(22(15)17)24(19)28-21/h1-13H. The second-order valence-electron chi connectivity index (χ2n) is 7.00. The van der Waals surface area contributed by atoms with Crippen LogP contribution in [0, 0.1) is 10.1 Å². The van der Waals surface area contributed by atoms with Gasteiger partial charge in [-0.15, -0.1) is 11.3 Å². The summed E-state index contributed by atoms with van der Waals surface area (Å²) < 4.78 is 0. The summed E-state index contributed by atoms with van der Waals surface area (Å²) in [5.41, 5.74) is 4.49. The zero-order chi connectivity index (χ0) is 18.8. The number of rotatable bonds is 2. The highest BCUT2D eigenvalue weighted by Crippen LogP contribution is 2.54. The Labute approximate surface area is 164 Å². The summed E-state index contributed by atoms with van der Waals surface area (Å²) in [7, 11) is 0. The number of nitro benzene ring substituents is 1. The van der Waals surface area contributed by atoms with E-state index in [4.69, 9.17) is 0 Å². The average molecular weight is 379 g/mol. The van der Waals surface area contributed by atoms with Crippen LogP contribution in [0.5, 0.6) is 0 Å². The van der Waals surface area contributed by atoms with E-state index in [0.29, 0.717) is 5.56 Å². The normalized spacial score (nSPS) is 11.9. The first-order valence-corrected chi connectivity index (χ1v) is 9.87. The van der Waals surface area contributed by atoms with Gasteiger partial charge in [-0.3, -0.25) is 10.1 Å². The van der Waals surface area contributed by atoms with Crippen molar-refractivity contribution in [2.45, 2.75) is 0 Å². The molecule has 132 valence electrons. The average Bonchev–Trinajstić information content (AvgIpc) is 3.27. The third-order valence-corrected chi connectivity index (χ3v) is 6.71. The van der Waals surface area contributed by atoms with Gasteiger partial charge in [0.05, 0.1) is 10.5 Å². The van der Waals surface area contributed by atoms with E-state index in [1.165, 1.54) is 32.3 Å². The Balaban J connectivity index is 1.68. The molecule has 0 fully saturated rings. The summed E-state index contributed by atoms with van der Waals surface area (Å²) in [4.78, 5) is 13.6. The zero-order valence-corrected chi connectivity index (χ0v) is 15.5. The fourth-order valence-electron chi connectivity index (χ4n) is 4.34. The Kier molecular flexibility index (Phi) is 3.06. The highest BCUT2D eigenvalue weighted by Gasteiger charge is 2.27. The number of hydrogen-bond donors (Lipinski definition) is 0. The molecule has 6 rings (SSSR count). The number of thiophene rings is 1. The second-order valence-corrected chi connectivity index (χ2v) is 8.05. The van der Waals surface area contributed by atoms with Crippen molar-refractivity contribution in [3.8, 4) is 32.0 Å². The monoisotopic (exact) mass is 379 g/mol. The molecule has 0 bridgehead atoms. The van der Waals surface area contributed by atoms with Crippen LogP contribution in [0.2, 0.25) is 0 Å². The maximum atomic E-state index is 11.8. The molecule has 0 amide bonds. The Morgan fingerprint density at radius 3 is 2.32 bits per heavy atom. The van der Waals surface area contributed by atoms with Crippen molar-refractivity contribution in [2.75, 3.05) is 0 Å². The van der Waals surface area contributed by atoms with Crippen LogP contribution in [0.4, 0.5) is 5.69 Å². The first-order chi connectivity index (χ1) is 13.7. The molecular formula is C24H13NO2S. The molecule has 1 heterocycles. The van der Waals surface area contributed by atoms with Crippen molar-refractivity contribution in [1.82, 2.24) is 0 Å². The van der Waals surface area contributed by atoms with Crippen molar-refractivity contribution in [3.63, 3.8) is 0 Å². The van der Waals surface area contributed by atoms with Gasteiger partial charge >= 0.3 is 0 Å². The Morgan fingerprint density at radius 2 is 1.50 bits per heavy atom. The number of nitrogens with zero attached hydrogens (tertiary/aromatic N) is 1. The molecule has 3 nitrogen and oxygen atoms in total. The SMILES string of the molecule is O=[N+]([O-])c1ccc2ccccc2c1-c1cc2c(s1)-c1cccc3cccc-2c13. The summed E-state index contributed by atoms with van der Waals surface area (Å²) in [6, 6.07) is 26.2. The molecule has 0 spiro atoms. The summed E-state index contributed by atoms with van der Waals surface area (Å²) in [6.45, 7) is 0. The summed E-state index contributed by atoms with van der Waals surface area (Å²) in [5.74, 6) is 0. The lowest BCUT2D eigenvalue weighted by molar-refractivity contribution is -0.384. The summed E-state index contributed by atoms with van der Waals surface area (Å²) in [6.07, 6.45) is 0. The maximum absolute atomic E-state index is 11.8. The van der Waals surface area contributed by atoms with Crippen LogP contribution in [0.1, 0.15) is 0 Å². The molecule has 1 aromatic heterocycles. The molecule has 0 aliphatic heterocycles. The molecule has 0 radical (unpaired) electrons. The van der Waals surface area contributed by atoms with Gasteiger partial charge in [0.15, 0.2) is 0 Å². The Hall–Kier alpha value is -3.50. The highest BCUT2D eigenvalue weighted by atomic mass is 32.1. The fourth-order valence-corrected chi connectivity index (χ4v) is 5.61. The lowest BCUT2D eigenvalue weighted by Gasteiger charge is -2.07. The first-order valence-electron chi connectivity index (χ1n) is 9.05. The van der Waals surface area contributed by atoms with E-state index in [0.717, 1.165) is 15.6 Å². The molecule has 4 heteroatoms. The van der Waals surface area contributed by atoms with Crippen LogP contribution in [0.15, 0.2) is 78.9 Å². The van der Waals surface area contributed by atoms with Crippen molar-refractivity contribution in [1.29, 1.82) is 0 Å². The van der Waals surface area contributed by atoms with Gasteiger partial charge in [0, 0.05) is 26.9 Å². The minimum atomic E-state index is -0.277.